The smallest absolute Gasteiger partial charge is 0.113 e. The quantitative estimate of drug-likeness (QED) is 0.625. The van der Waals surface area contributed by atoms with Gasteiger partial charge in [-0.15, -0.1) is 0 Å². The normalized spacial score (nSPS) is 22.9. The van der Waals surface area contributed by atoms with Crippen LogP contribution < -0.4 is 10.4 Å². The van der Waals surface area contributed by atoms with E-state index in [2.05, 4.69) is 44.7 Å². The number of hydrogen-bond donors (Lipinski definition) is 0. The van der Waals surface area contributed by atoms with Crippen LogP contribution in [0, 0.1) is 0 Å². The number of hydrogen-bond acceptors (Lipinski definition) is 1. The number of likely N-dealkylation sites (N-methyl/N-ethyl adjacent to an activating group) is 1. The van der Waals surface area contributed by atoms with Gasteiger partial charge in [0.1, 0.15) is 7.85 Å². The Morgan fingerprint density at radius 3 is 2.67 bits per heavy atom. The van der Waals surface area contributed by atoms with Crippen molar-refractivity contribution in [3.8, 4) is 0 Å². The number of rotatable bonds is 1. The molecule has 0 N–H and O–H groups in total. The van der Waals surface area contributed by atoms with Crippen molar-refractivity contribution in [2.45, 2.75) is 39.2 Å². The topological polar surface area (TPSA) is 3.24 Å². The molecule has 78 valence electrons. The van der Waals surface area contributed by atoms with E-state index in [0.29, 0.717) is 6.04 Å². The summed E-state index contributed by atoms with van der Waals surface area (Å²) in [4.78, 5) is 2.45. The van der Waals surface area contributed by atoms with Gasteiger partial charge in [0.25, 0.3) is 0 Å². The van der Waals surface area contributed by atoms with Gasteiger partial charge in [0.15, 0.2) is 0 Å². The summed E-state index contributed by atoms with van der Waals surface area (Å²) in [7, 11) is 5.87. The summed E-state index contributed by atoms with van der Waals surface area (Å²) in [5.74, 6) is 0. The van der Waals surface area contributed by atoms with E-state index in [4.69, 9.17) is 7.85 Å². The Morgan fingerprint density at radius 2 is 2.07 bits per heavy atom. The standard InChI is InChI=1S/C13H18BN/c1-5-15-9(2)13(3,4)11-8-10(14)6-7-12(11)15/h6-9H,5H2,1-4H3. The first-order valence-corrected chi connectivity index (χ1v) is 5.65. The van der Waals surface area contributed by atoms with Crippen LogP contribution in [0.25, 0.3) is 0 Å². The third kappa shape index (κ3) is 1.38. The molecule has 1 aromatic carbocycles. The maximum atomic E-state index is 5.87. The van der Waals surface area contributed by atoms with Crippen LogP contribution >= 0.6 is 0 Å². The first kappa shape index (κ1) is 10.6. The van der Waals surface area contributed by atoms with Gasteiger partial charge in [0.2, 0.25) is 0 Å². The summed E-state index contributed by atoms with van der Waals surface area (Å²) in [6, 6.07) is 6.82. The molecule has 0 bridgehead atoms. The highest BCUT2D eigenvalue weighted by Gasteiger charge is 2.40. The lowest BCUT2D eigenvalue weighted by Gasteiger charge is -2.30. The average molecular weight is 199 g/mol. The zero-order valence-corrected chi connectivity index (χ0v) is 10.0. The SMILES string of the molecule is [B]c1ccc2c(c1)C(C)(C)C(C)N2CC. The lowest BCUT2D eigenvalue weighted by molar-refractivity contribution is 0.445. The minimum absolute atomic E-state index is 0.195. The third-order valence-corrected chi connectivity index (χ3v) is 3.88. The summed E-state index contributed by atoms with van der Waals surface area (Å²) < 4.78 is 0. The van der Waals surface area contributed by atoms with Gasteiger partial charge in [0, 0.05) is 23.7 Å². The van der Waals surface area contributed by atoms with Crippen LogP contribution in [0.1, 0.15) is 33.3 Å². The number of benzene rings is 1. The molecule has 0 fully saturated rings. The molecule has 1 aliphatic rings. The maximum absolute atomic E-state index is 5.87. The molecule has 2 rings (SSSR count). The largest absolute Gasteiger partial charge is 0.368 e. The number of nitrogens with zero attached hydrogens (tertiary/aromatic N) is 1. The Bertz CT molecular complexity index is 384. The molecule has 0 spiro atoms. The Morgan fingerprint density at radius 1 is 1.40 bits per heavy atom. The predicted molar refractivity (Wildman–Crippen MR) is 67.3 cm³/mol. The first-order chi connectivity index (χ1) is 6.98. The van der Waals surface area contributed by atoms with Crippen LogP contribution in [-0.2, 0) is 5.41 Å². The second-order valence-electron chi connectivity index (χ2n) is 4.96. The average Bonchev–Trinajstić information content (AvgIpc) is 2.37. The molecule has 1 aromatic rings. The summed E-state index contributed by atoms with van der Waals surface area (Å²) in [5.41, 5.74) is 3.80. The monoisotopic (exact) mass is 199 g/mol. The van der Waals surface area contributed by atoms with Crippen molar-refractivity contribution in [3.05, 3.63) is 23.8 Å². The molecule has 1 nitrogen and oxygen atoms in total. The van der Waals surface area contributed by atoms with E-state index in [1.807, 2.05) is 6.07 Å². The second-order valence-corrected chi connectivity index (χ2v) is 4.96. The van der Waals surface area contributed by atoms with E-state index >= 15 is 0 Å². The highest BCUT2D eigenvalue weighted by Crippen LogP contribution is 2.44. The van der Waals surface area contributed by atoms with Crippen molar-refractivity contribution in [3.63, 3.8) is 0 Å². The molecule has 2 radical (unpaired) electrons. The number of anilines is 1. The predicted octanol–water partition coefficient (Wildman–Crippen LogP) is 1.99. The van der Waals surface area contributed by atoms with Gasteiger partial charge in [-0.25, -0.2) is 0 Å². The molecular formula is C13H18BN. The van der Waals surface area contributed by atoms with Gasteiger partial charge in [-0.05, 0) is 25.5 Å². The highest BCUT2D eigenvalue weighted by molar-refractivity contribution is 6.32. The molecule has 0 amide bonds. The molecule has 1 unspecified atom stereocenters. The van der Waals surface area contributed by atoms with Gasteiger partial charge >= 0.3 is 0 Å². The minimum atomic E-state index is 0.195. The molecule has 1 aliphatic heterocycles. The lowest BCUT2D eigenvalue weighted by atomic mass is 9.79. The van der Waals surface area contributed by atoms with Crippen molar-refractivity contribution >= 4 is 19.0 Å². The molecule has 1 heterocycles. The Kier molecular flexibility index (Phi) is 2.33. The first-order valence-electron chi connectivity index (χ1n) is 5.65. The van der Waals surface area contributed by atoms with Gasteiger partial charge in [-0.3, -0.25) is 0 Å². The fourth-order valence-electron chi connectivity index (χ4n) is 2.59. The van der Waals surface area contributed by atoms with E-state index in [-0.39, 0.29) is 5.41 Å². The summed E-state index contributed by atoms with van der Waals surface area (Å²) in [5, 5.41) is 0. The van der Waals surface area contributed by atoms with Crippen LogP contribution in [0.5, 0.6) is 0 Å². The molecule has 2 heteroatoms. The fraction of sp³-hybridized carbons (Fsp3) is 0.538. The van der Waals surface area contributed by atoms with Crippen LogP contribution in [0.2, 0.25) is 0 Å². The molecular weight excluding hydrogens is 181 g/mol. The highest BCUT2D eigenvalue weighted by atomic mass is 15.2. The van der Waals surface area contributed by atoms with E-state index in [1.165, 1.54) is 11.3 Å². The Hall–Kier alpha value is -0.915. The summed E-state index contributed by atoms with van der Waals surface area (Å²) >= 11 is 0. The van der Waals surface area contributed by atoms with Crippen molar-refractivity contribution in [2.75, 3.05) is 11.4 Å². The lowest BCUT2D eigenvalue weighted by Crippen LogP contribution is -2.38. The van der Waals surface area contributed by atoms with Crippen LogP contribution in [0.3, 0.4) is 0 Å². The van der Waals surface area contributed by atoms with Gasteiger partial charge in [0.05, 0.1) is 0 Å². The molecule has 0 aliphatic carbocycles. The summed E-state index contributed by atoms with van der Waals surface area (Å²) in [6.07, 6.45) is 0. The van der Waals surface area contributed by atoms with E-state index < -0.39 is 0 Å². The van der Waals surface area contributed by atoms with Crippen molar-refractivity contribution in [2.24, 2.45) is 0 Å². The molecule has 0 aromatic heterocycles. The van der Waals surface area contributed by atoms with Crippen LogP contribution in [0.4, 0.5) is 5.69 Å². The van der Waals surface area contributed by atoms with Crippen LogP contribution in [0.15, 0.2) is 18.2 Å². The minimum Gasteiger partial charge on any atom is -0.368 e. The molecule has 0 saturated heterocycles. The van der Waals surface area contributed by atoms with Crippen LogP contribution in [-0.4, -0.2) is 20.4 Å². The van der Waals surface area contributed by atoms with Crippen molar-refractivity contribution in [1.82, 2.24) is 0 Å². The zero-order chi connectivity index (χ0) is 11.2. The van der Waals surface area contributed by atoms with E-state index in [0.717, 1.165) is 12.0 Å². The Labute approximate surface area is 93.9 Å². The zero-order valence-electron chi connectivity index (χ0n) is 10.0. The Balaban J connectivity index is 2.59. The van der Waals surface area contributed by atoms with Gasteiger partial charge < -0.3 is 4.90 Å². The molecule has 1 atom stereocenters. The van der Waals surface area contributed by atoms with E-state index in [9.17, 15) is 0 Å². The van der Waals surface area contributed by atoms with Crippen molar-refractivity contribution < 1.29 is 0 Å². The molecule has 15 heavy (non-hydrogen) atoms. The van der Waals surface area contributed by atoms with Gasteiger partial charge in [-0.2, -0.15) is 0 Å². The fourth-order valence-corrected chi connectivity index (χ4v) is 2.59. The molecule has 0 saturated carbocycles. The number of fused-ring (bicyclic) bond motifs is 1. The maximum Gasteiger partial charge on any atom is 0.113 e. The third-order valence-electron chi connectivity index (χ3n) is 3.88. The summed E-state index contributed by atoms with van der Waals surface area (Å²) in [6.45, 7) is 10.1. The second kappa shape index (κ2) is 3.29. The van der Waals surface area contributed by atoms with Gasteiger partial charge in [-0.1, -0.05) is 31.4 Å². The van der Waals surface area contributed by atoms with E-state index in [1.54, 1.807) is 0 Å². The van der Waals surface area contributed by atoms with Crippen molar-refractivity contribution in [1.29, 1.82) is 0 Å².